The van der Waals surface area contributed by atoms with Gasteiger partial charge in [0.1, 0.15) is 0 Å². The van der Waals surface area contributed by atoms with Crippen LogP contribution in [0.1, 0.15) is 49.4 Å². The number of nitrogens with one attached hydrogen (secondary N) is 1. The molecule has 0 radical (unpaired) electrons. The van der Waals surface area contributed by atoms with Crippen LogP contribution in [-0.4, -0.2) is 61.4 Å². The molecule has 154 valence electrons. The molecular weight excluding hydrogens is 378 g/mol. The van der Waals surface area contributed by atoms with Crippen molar-refractivity contribution in [3.05, 3.63) is 29.8 Å². The van der Waals surface area contributed by atoms with E-state index in [1.54, 1.807) is 24.3 Å². The van der Waals surface area contributed by atoms with Crippen LogP contribution >= 0.6 is 0 Å². The molecule has 0 saturated carbocycles. The summed E-state index contributed by atoms with van der Waals surface area (Å²) >= 11 is 0. The summed E-state index contributed by atoms with van der Waals surface area (Å²) in [4.78, 5) is 27.1. The van der Waals surface area contributed by atoms with E-state index >= 15 is 0 Å². The van der Waals surface area contributed by atoms with Gasteiger partial charge in [-0.1, -0.05) is 13.0 Å². The molecule has 2 aliphatic rings. The van der Waals surface area contributed by atoms with Gasteiger partial charge in [0.15, 0.2) is 0 Å². The summed E-state index contributed by atoms with van der Waals surface area (Å²) in [5.74, 6) is -0.467. The molecule has 8 heteroatoms. The summed E-state index contributed by atoms with van der Waals surface area (Å²) in [6.07, 6.45) is 3.96. The Morgan fingerprint density at radius 1 is 1.14 bits per heavy atom. The van der Waals surface area contributed by atoms with E-state index in [1.165, 1.54) is 4.31 Å². The number of anilines is 1. The predicted octanol–water partition coefficient (Wildman–Crippen LogP) is 2.31. The number of benzene rings is 1. The third-order valence-electron chi connectivity index (χ3n) is 5.38. The van der Waals surface area contributed by atoms with Crippen LogP contribution in [0.25, 0.3) is 0 Å². The highest BCUT2D eigenvalue weighted by Gasteiger charge is 2.32. The summed E-state index contributed by atoms with van der Waals surface area (Å²) in [7, 11) is -3.30. The van der Waals surface area contributed by atoms with Gasteiger partial charge in [0, 0.05) is 37.4 Å². The van der Waals surface area contributed by atoms with E-state index < -0.39 is 10.0 Å². The zero-order valence-electron chi connectivity index (χ0n) is 16.4. The van der Waals surface area contributed by atoms with E-state index in [1.807, 2.05) is 11.8 Å². The number of hydrogen-bond acceptors (Lipinski definition) is 4. The number of nitrogens with zero attached hydrogens (tertiary/aromatic N) is 2. The summed E-state index contributed by atoms with van der Waals surface area (Å²) in [6, 6.07) is 6.98. The monoisotopic (exact) mass is 407 g/mol. The number of rotatable bonds is 6. The molecular formula is C20H29N3O4S. The van der Waals surface area contributed by atoms with Gasteiger partial charge in [-0.25, -0.2) is 12.7 Å². The second-order valence-electron chi connectivity index (χ2n) is 7.58. The van der Waals surface area contributed by atoms with E-state index in [-0.39, 0.29) is 30.0 Å². The summed E-state index contributed by atoms with van der Waals surface area (Å²) < 4.78 is 26.1. The minimum atomic E-state index is -3.30. The Hall–Kier alpha value is -1.93. The smallest absolute Gasteiger partial charge is 0.253 e. The van der Waals surface area contributed by atoms with Crippen LogP contribution < -0.4 is 5.32 Å². The summed E-state index contributed by atoms with van der Waals surface area (Å²) in [5.41, 5.74) is 1.14. The first-order valence-corrected chi connectivity index (χ1v) is 11.7. The van der Waals surface area contributed by atoms with Gasteiger partial charge in [-0.05, 0) is 50.3 Å². The SMILES string of the molecule is CCCS(=O)(=O)N1CCC[C@@H](C(=O)Nc2cccc(C(=O)N3CCCC3)c2)C1. The fourth-order valence-corrected chi connectivity index (χ4v) is 5.46. The first-order chi connectivity index (χ1) is 13.4. The van der Waals surface area contributed by atoms with Gasteiger partial charge in [0.2, 0.25) is 15.9 Å². The molecule has 2 amide bonds. The molecule has 2 saturated heterocycles. The Labute approximate surface area is 167 Å². The van der Waals surface area contributed by atoms with Crippen LogP contribution in [0.3, 0.4) is 0 Å². The molecule has 1 atom stereocenters. The minimum absolute atomic E-state index is 0.0110. The Bertz CT molecular complexity index is 818. The molecule has 1 N–H and O–H groups in total. The highest BCUT2D eigenvalue weighted by atomic mass is 32.2. The molecule has 2 fully saturated rings. The van der Waals surface area contributed by atoms with Crippen LogP contribution in [0.15, 0.2) is 24.3 Å². The van der Waals surface area contributed by atoms with Crippen LogP contribution in [0.5, 0.6) is 0 Å². The van der Waals surface area contributed by atoms with Crippen molar-refractivity contribution in [3.8, 4) is 0 Å². The molecule has 3 rings (SSSR count). The molecule has 1 aromatic carbocycles. The van der Waals surface area contributed by atoms with Crippen molar-refractivity contribution in [2.24, 2.45) is 5.92 Å². The zero-order chi connectivity index (χ0) is 20.1. The highest BCUT2D eigenvalue weighted by molar-refractivity contribution is 7.89. The molecule has 7 nitrogen and oxygen atoms in total. The van der Waals surface area contributed by atoms with Gasteiger partial charge in [-0.3, -0.25) is 9.59 Å². The fourth-order valence-electron chi connectivity index (χ4n) is 3.87. The molecule has 1 aromatic rings. The average molecular weight is 408 g/mol. The second kappa shape index (κ2) is 9.05. The van der Waals surface area contributed by atoms with Gasteiger partial charge >= 0.3 is 0 Å². The number of amides is 2. The quantitative estimate of drug-likeness (QED) is 0.784. The number of carbonyl (C=O) groups excluding carboxylic acids is 2. The first kappa shape index (κ1) is 20.8. The van der Waals surface area contributed by atoms with Crippen molar-refractivity contribution in [1.82, 2.24) is 9.21 Å². The number of piperidine rings is 1. The van der Waals surface area contributed by atoms with Gasteiger partial charge < -0.3 is 10.2 Å². The molecule has 0 spiro atoms. The number of sulfonamides is 1. The maximum atomic E-state index is 12.7. The largest absolute Gasteiger partial charge is 0.339 e. The molecule has 0 bridgehead atoms. The van der Waals surface area contributed by atoms with E-state index in [0.717, 1.165) is 25.9 Å². The lowest BCUT2D eigenvalue weighted by molar-refractivity contribution is -0.120. The standard InChI is InChI=1S/C20H29N3O4S/c1-2-13-28(26,27)23-12-6-8-17(15-23)19(24)21-18-9-5-7-16(14-18)20(25)22-10-3-4-11-22/h5,7,9,14,17H,2-4,6,8,10-13,15H2,1H3,(H,21,24)/t17-/m1/s1. The van der Waals surface area contributed by atoms with Gasteiger partial charge in [-0.2, -0.15) is 0 Å². The fraction of sp³-hybridized carbons (Fsp3) is 0.600. The van der Waals surface area contributed by atoms with Gasteiger partial charge in [0.05, 0.1) is 11.7 Å². The van der Waals surface area contributed by atoms with Crippen molar-refractivity contribution in [3.63, 3.8) is 0 Å². The Balaban J connectivity index is 1.64. The molecule has 28 heavy (non-hydrogen) atoms. The Morgan fingerprint density at radius 2 is 1.89 bits per heavy atom. The zero-order valence-corrected chi connectivity index (χ0v) is 17.2. The van der Waals surface area contributed by atoms with Crippen LogP contribution in [0.4, 0.5) is 5.69 Å². The molecule has 2 aliphatic heterocycles. The van der Waals surface area contributed by atoms with Crippen LogP contribution in [0, 0.1) is 5.92 Å². The highest BCUT2D eigenvalue weighted by Crippen LogP contribution is 2.22. The third-order valence-corrected chi connectivity index (χ3v) is 7.42. The van der Waals surface area contributed by atoms with Crippen LogP contribution in [-0.2, 0) is 14.8 Å². The predicted molar refractivity (Wildman–Crippen MR) is 109 cm³/mol. The van der Waals surface area contributed by atoms with Crippen molar-refractivity contribution in [2.45, 2.75) is 39.0 Å². The van der Waals surface area contributed by atoms with Gasteiger partial charge in [0.25, 0.3) is 5.91 Å². The lowest BCUT2D eigenvalue weighted by Gasteiger charge is -2.31. The van der Waals surface area contributed by atoms with Crippen molar-refractivity contribution >= 4 is 27.5 Å². The number of likely N-dealkylation sites (tertiary alicyclic amines) is 1. The third kappa shape index (κ3) is 4.91. The van der Waals surface area contributed by atoms with Gasteiger partial charge in [-0.15, -0.1) is 0 Å². The number of carbonyl (C=O) groups is 2. The van der Waals surface area contributed by atoms with E-state index in [2.05, 4.69) is 5.32 Å². The van der Waals surface area contributed by atoms with E-state index in [9.17, 15) is 18.0 Å². The summed E-state index contributed by atoms with van der Waals surface area (Å²) in [6.45, 7) is 4.09. The lowest BCUT2D eigenvalue weighted by atomic mass is 9.98. The molecule has 0 aliphatic carbocycles. The van der Waals surface area contributed by atoms with Crippen molar-refractivity contribution in [2.75, 3.05) is 37.2 Å². The number of hydrogen-bond donors (Lipinski definition) is 1. The van der Waals surface area contributed by atoms with Crippen LogP contribution in [0.2, 0.25) is 0 Å². The normalized spacial score (nSPS) is 20.9. The maximum Gasteiger partial charge on any atom is 0.253 e. The maximum absolute atomic E-state index is 12.7. The summed E-state index contributed by atoms with van der Waals surface area (Å²) in [5, 5.41) is 2.87. The minimum Gasteiger partial charge on any atom is -0.339 e. The topological polar surface area (TPSA) is 86.8 Å². The molecule has 2 heterocycles. The molecule has 0 unspecified atom stereocenters. The Morgan fingerprint density at radius 3 is 2.61 bits per heavy atom. The van der Waals surface area contributed by atoms with Crippen molar-refractivity contribution < 1.29 is 18.0 Å². The van der Waals surface area contributed by atoms with Crippen molar-refractivity contribution in [1.29, 1.82) is 0 Å². The van der Waals surface area contributed by atoms with E-state index in [4.69, 9.17) is 0 Å². The van der Waals surface area contributed by atoms with E-state index in [0.29, 0.717) is 37.1 Å². The first-order valence-electron chi connectivity index (χ1n) is 10.1. The Kier molecular flexibility index (Phi) is 6.72. The average Bonchev–Trinajstić information content (AvgIpc) is 3.22. The lowest BCUT2D eigenvalue weighted by Crippen LogP contribution is -2.44. The molecule has 0 aromatic heterocycles. The second-order valence-corrected chi connectivity index (χ2v) is 9.67.